The monoisotopic (exact) mass is 304 g/mol. The van der Waals surface area contributed by atoms with Crippen molar-refractivity contribution in [2.45, 2.75) is 19.1 Å². The molecule has 1 atom stereocenters. The molecule has 8 heteroatoms. The lowest BCUT2D eigenvalue weighted by molar-refractivity contribution is -0.137. The van der Waals surface area contributed by atoms with Crippen molar-refractivity contribution in [1.82, 2.24) is 5.32 Å². The maximum Gasteiger partial charge on any atom is 0.416 e. The van der Waals surface area contributed by atoms with Gasteiger partial charge in [-0.25, -0.2) is 0 Å². The molecular formula is C13H15F3N2O3. The molecular weight excluding hydrogens is 289 g/mol. The highest BCUT2D eigenvalue weighted by Crippen LogP contribution is 2.30. The van der Waals surface area contributed by atoms with E-state index in [1.54, 1.807) is 6.92 Å². The van der Waals surface area contributed by atoms with Crippen molar-refractivity contribution in [3.05, 3.63) is 29.8 Å². The van der Waals surface area contributed by atoms with Gasteiger partial charge in [-0.3, -0.25) is 9.59 Å². The van der Waals surface area contributed by atoms with Gasteiger partial charge in [-0.1, -0.05) is 6.07 Å². The molecule has 1 aromatic carbocycles. The molecule has 116 valence electrons. The zero-order chi connectivity index (χ0) is 16.0. The Morgan fingerprint density at radius 1 is 1.29 bits per heavy atom. The number of amides is 2. The van der Waals surface area contributed by atoms with E-state index in [0.717, 1.165) is 18.2 Å². The van der Waals surface area contributed by atoms with Gasteiger partial charge in [0.2, 0.25) is 0 Å². The van der Waals surface area contributed by atoms with Crippen molar-refractivity contribution in [1.29, 1.82) is 0 Å². The molecule has 0 unspecified atom stereocenters. The van der Waals surface area contributed by atoms with E-state index in [4.69, 9.17) is 4.74 Å². The number of hydrogen-bond acceptors (Lipinski definition) is 3. The summed E-state index contributed by atoms with van der Waals surface area (Å²) in [5, 5.41) is 4.46. The van der Waals surface area contributed by atoms with Crippen LogP contribution in [0, 0.1) is 0 Å². The molecule has 0 fully saturated rings. The second-order valence-corrected chi connectivity index (χ2v) is 4.36. The number of carbonyl (C=O) groups excluding carboxylic acids is 2. The molecule has 0 aromatic heterocycles. The third-order valence-electron chi connectivity index (χ3n) is 2.45. The van der Waals surface area contributed by atoms with Crippen LogP contribution in [-0.4, -0.2) is 31.6 Å². The minimum Gasteiger partial charge on any atom is -0.383 e. The predicted octanol–water partition coefficient (Wildman–Crippen LogP) is 1.79. The predicted molar refractivity (Wildman–Crippen MR) is 69.6 cm³/mol. The molecule has 0 aliphatic heterocycles. The van der Waals surface area contributed by atoms with Crippen LogP contribution in [0.5, 0.6) is 0 Å². The number of ether oxygens (including phenoxy) is 1. The summed E-state index contributed by atoms with van der Waals surface area (Å²) in [6.45, 7) is 1.83. The molecule has 0 aliphatic rings. The molecule has 0 saturated carbocycles. The van der Waals surface area contributed by atoms with Crippen LogP contribution in [0.2, 0.25) is 0 Å². The van der Waals surface area contributed by atoms with Gasteiger partial charge in [0.25, 0.3) is 0 Å². The minimum atomic E-state index is -4.52. The van der Waals surface area contributed by atoms with Gasteiger partial charge in [0.1, 0.15) is 0 Å². The second-order valence-electron chi connectivity index (χ2n) is 4.36. The molecule has 2 amide bonds. The zero-order valence-electron chi connectivity index (χ0n) is 11.5. The standard InChI is InChI=1S/C13H15F3N2O3/c1-8(7-21-2)17-11(19)12(20)18-10-5-3-4-9(6-10)13(14,15)16/h3-6,8H,7H2,1-2H3,(H,17,19)(H,18,20)/t8-/m0/s1. The SMILES string of the molecule is COC[C@H](C)NC(=O)C(=O)Nc1cccc(C(F)(F)F)c1. The summed E-state index contributed by atoms with van der Waals surface area (Å²) in [6.07, 6.45) is -4.52. The van der Waals surface area contributed by atoms with E-state index >= 15 is 0 Å². The molecule has 0 heterocycles. The summed E-state index contributed by atoms with van der Waals surface area (Å²) < 4.78 is 42.3. The largest absolute Gasteiger partial charge is 0.416 e. The third kappa shape index (κ3) is 5.42. The zero-order valence-corrected chi connectivity index (χ0v) is 11.5. The van der Waals surface area contributed by atoms with Crippen LogP contribution in [0.3, 0.4) is 0 Å². The number of alkyl halides is 3. The Morgan fingerprint density at radius 2 is 1.95 bits per heavy atom. The number of hydrogen-bond donors (Lipinski definition) is 2. The lowest BCUT2D eigenvalue weighted by atomic mass is 10.2. The number of anilines is 1. The molecule has 0 bridgehead atoms. The molecule has 0 radical (unpaired) electrons. The number of benzene rings is 1. The first-order chi connectivity index (χ1) is 9.74. The Bertz CT molecular complexity index is 518. The molecule has 2 N–H and O–H groups in total. The van der Waals surface area contributed by atoms with Crippen LogP contribution < -0.4 is 10.6 Å². The van der Waals surface area contributed by atoms with Gasteiger partial charge < -0.3 is 15.4 Å². The van der Waals surface area contributed by atoms with E-state index in [1.165, 1.54) is 13.2 Å². The summed E-state index contributed by atoms with van der Waals surface area (Å²) in [4.78, 5) is 23.1. The van der Waals surface area contributed by atoms with Crippen molar-refractivity contribution in [2.75, 3.05) is 19.0 Å². The van der Waals surface area contributed by atoms with Crippen molar-refractivity contribution >= 4 is 17.5 Å². The fourth-order valence-electron chi connectivity index (χ4n) is 1.54. The summed E-state index contributed by atoms with van der Waals surface area (Å²) in [5.74, 6) is -1.99. The Kier molecular flexibility index (Phi) is 5.71. The summed E-state index contributed by atoms with van der Waals surface area (Å²) in [6, 6.07) is 3.64. The fraction of sp³-hybridized carbons (Fsp3) is 0.385. The van der Waals surface area contributed by atoms with Crippen LogP contribution >= 0.6 is 0 Å². The Hall–Kier alpha value is -2.09. The average molecular weight is 304 g/mol. The quantitative estimate of drug-likeness (QED) is 0.834. The first-order valence-corrected chi connectivity index (χ1v) is 6.02. The average Bonchev–Trinajstić information content (AvgIpc) is 2.38. The fourth-order valence-corrected chi connectivity index (χ4v) is 1.54. The van der Waals surface area contributed by atoms with Gasteiger partial charge in [0.05, 0.1) is 12.2 Å². The smallest absolute Gasteiger partial charge is 0.383 e. The van der Waals surface area contributed by atoms with Gasteiger partial charge in [0, 0.05) is 18.8 Å². The molecule has 0 saturated heterocycles. The maximum atomic E-state index is 12.5. The van der Waals surface area contributed by atoms with Crippen molar-refractivity contribution in [3.63, 3.8) is 0 Å². The summed E-state index contributed by atoms with van der Waals surface area (Å²) >= 11 is 0. The molecule has 1 rings (SSSR count). The molecule has 5 nitrogen and oxygen atoms in total. The summed E-state index contributed by atoms with van der Waals surface area (Å²) in [5.41, 5.74) is -1.02. The van der Waals surface area contributed by atoms with Gasteiger partial charge in [0.15, 0.2) is 0 Å². The van der Waals surface area contributed by atoms with E-state index < -0.39 is 29.6 Å². The number of nitrogens with one attached hydrogen (secondary N) is 2. The van der Waals surface area contributed by atoms with Crippen molar-refractivity contribution in [2.24, 2.45) is 0 Å². The maximum absolute atomic E-state index is 12.5. The van der Waals surface area contributed by atoms with Crippen LogP contribution in [0.1, 0.15) is 12.5 Å². The van der Waals surface area contributed by atoms with E-state index in [-0.39, 0.29) is 12.3 Å². The molecule has 21 heavy (non-hydrogen) atoms. The Morgan fingerprint density at radius 3 is 2.52 bits per heavy atom. The number of methoxy groups -OCH3 is 1. The van der Waals surface area contributed by atoms with Crippen molar-refractivity contribution < 1.29 is 27.5 Å². The van der Waals surface area contributed by atoms with E-state index in [2.05, 4.69) is 10.6 Å². The third-order valence-corrected chi connectivity index (χ3v) is 2.45. The van der Waals surface area contributed by atoms with Gasteiger partial charge in [-0.15, -0.1) is 0 Å². The van der Waals surface area contributed by atoms with E-state index in [9.17, 15) is 22.8 Å². The van der Waals surface area contributed by atoms with Crippen LogP contribution in [0.15, 0.2) is 24.3 Å². The summed E-state index contributed by atoms with van der Waals surface area (Å²) in [7, 11) is 1.44. The molecule has 0 spiro atoms. The highest BCUT2D eigenvalue weighted by atomic mass is 19.4. The van der Waals surface area contributed by atoms with E-state index in [0.29, 0.717) is 0 Å². The second kappa shape index (κ2) is 7.07. The van der Waals surface area contributed by atoms with Gasteiger partial charge in [-0.05, 0) is 25.1 Å². The van der Waals surface area contributed by atoms with Crippen LogP contribution in [0.4, 0.5) is 18.9 Å². The number of rotatable bonds is 4. The molecule has 1 aromatic rings. The number of halogens is 3. The Labute approximate surface area is 119 Å². The van der Waals surface area contributed by atoms with Crippen LogP contribution in [0.25, 0.3) is 0 Å². The highest BCUT2D eigenvalue weighted by molar-refractivity contribution is 6.39. The lowest BCUT2D eigenvalue weighted by Crippen LogP contribution is -2.42. The van der Waals surface area contributed by atoms with Gasteiger partial charge >= 0.3 is 18.0 Å². The number of carbonyl (C=O) groups is 2. The molecule has 0 aliphatic carbocycles. The first-order valence-electron chi connectivity index (χ1n) is 6.02. The minimum absolute atomic E-state index is 0.107. The van der Waals surface area contributed by atoms with E-state index in [1.807, 2.05) is 0 Å². The van der Waals surface area contributed by atoms with Crippen molar-refractivity contribution in [3.8, 4) is 0 Å². The normalized spacial score (nSPS) is 12.6. The Balaban J connectivity index is 2.69. The lowest BCUT2D eigenvalue weighted by Gasteiger charge is -2.13. The highest BCUT2D eigenvalue weighted by Gasteiger charge is 2.30. The van der Waals surface area contributed by atoms with Gasteiger partial charge in [-0.2, -0.15) is 13.2 Å². The van der Waals surface area contributed by atoms with Crippen LogP contribution in [-0.2, 0) is 20.5 Å². The topological polar surface area (TPSA) is 67.4 Å². The first kappa shape index (κ1) is 17.0.